The third-order valence-electron chi connectivity index (χ3n) is 9.14. The van der Waals surface area contributed by atoms with Gasteiger partial charge in [0.05, 0.1) is 11.4 Å². The molecule has 0 aliphatic heterocycles. The summed E-state index contributed by atoms with van der Waals surface area (Å²) in [7, 11) is 0. The van der Waals surface area contributed by atoms with Crippen LogP contribution >= 0.6 is 0 Å². The van der Waals surface area contributed by atoms with Crippen molar-refractivity contribution in [1.82, 2.24) is 9.97 Å². The molecule has 4 nitrogen and oxygen atoms in total. The molecule has 0 spiro atoms. The van der Waals surface area contributed by atoms with E-state index in [9.17, 15) is 5.11 Å². The average molecular weight is 840 g/mol. The van der Waals surface area contributed by atoms with E-state index in [1.807, 2.05) is 48.7 Å². The summed E-state index contributed by atoms with van der Waals surface area (Å²) in [4.78, 5) is 12.2. The number of benzene rings is 6. The minimum absolute atomic E-state index is 0. The Kier molecular flexibility index (Phi) is 9.61. The van der Waals surface area contributed by atoms with E-state index >= 15 is 0 Å². The van der Waals surface area contributed by atoms with Crippen LogP contribution in [0.15, 0.2) is 164 Å². The summed E-state index contributed by atoms with van der Waals surface area (Å²) in [5.74, 6) is 0.966. The fourth-order valence-corrected chi connectivity index (χ4v) is 6.79. The van der Waals surface area contributed by atoms with Crippen molar-refractivity contribution in [2.75, 3.05) is 4.90 Å². The third kappa shape index (κ3) is 6.71. The number of pyridine rings is 2. The zero-order chi connectivity index (χ0) is 34.0. The first-order chi connectivity index (χ1) is 24.5. The van der Waals surface area contributed by atoms with Crippen LogP contribution in [0.4, 0.5) is 17.2 Å². The van der Waals surface area contributed by atoms with E-state index in [1.165, 1.54) is 11.1 Å². The van der Waals surface area contributed by atoms with Gasteiger partial charge >= 0.3 is 0 Å². The van der Waals surface area contributed by atoms with Crippen LogP contribution in [0.1, 0.15) is 11.1 Å². The second kappa shape index (κ2) is 14.6. The number of phenolic OH excluding ortho intramolecular Hbond substituents is 1. The number of fused-ring (bicyclic) bond motifs is 1. The number of para-hydroxylation sites is 1. The Morgan fingerprint density at radius 3 is 2.06 bits per heavy atom. The van der Waals surface area contributed by atoms with Gasteiger partial charge in [-0.15, -0.1) is 23.8 Å². The number of aromatic nitrogens is 2. The van der Waals surface area contributed by atoms with Crippen LogP contribution < -0.4 is 4.90 Å². The van der Waals surface area contributed by atoms with E-state index in [0.717, 1.165) is 61.5 Å². The van der Waals surface area contributed by atoms with E-state index < -0.39 is 0 Å². The largest absolute Gasteiger partial charge is 0.507 e. The number of phenols is 1. The fraction of sp³-hybridized carbons (Fsp3) is 0.0435. The first-order valence-corrected chi connectivity index (χ1v) is 16.7. The molecule has 8 aromatic rings. The molecule has 0 atom stereocenters. The molecule has 0 unspecified atom stereocenters. The van der Waals surface area contributed by atoms with Gasteiger partial charge in [0.15, 0.2) is 0 Å². The first-order valence-electron chi connectivity index (χ1n) is 16.7. The molecule has 250 valence electrons. The molecule has 0 amide bonds. The maximum absolute atomic E-state index is 11.0. The van der Waals surface area contributed by atoms with Crippen molar-refractivity contribution in [1.29, 1.82) is 0 Å². The second-order valence-electron chi connectivity index (χ2n) is 12.5. The van der Waals surface area contributed by atoms with Crippen molar-refractivity contribution in [3.05, 3.63) is 181 Å². The summed E-state index contributed by atoms with van der Waals surface area (Å²) in [6.07, 6.45) is 1.82. The standard InChI is InChI=1S/C46H34N3O.Pt/c1-31-14-12-15-32(2)46(31)37-29-41(48-42(30-37)40-21-8-9-23-44(40)50)36-26-35(33-16-4-3-5-17-33)27-38(28-36)49(45-24-10-11-25-47-45)43-22-13-19-34-18-6-7-20-39(34)43;/h3-27,29-30,50H,1-2H3;/q-1;. The molecule has 0 aliphatic carbocycles. The smallest absolute Gasteiger partial charge is 0.136 e. The van der Waals surface area contributed by atoms with Crippen LogP contribution in [0.25, 0.3) is 55.5 Å². The van der Waals surface area contributed by atoms with Gasteiger partial charge in [0.1, 0.15) is 11.6 Å². The Hall–Kier alpha value is -5.83. The molecule has 51 heavy (non-hydrogen) atoms. The van der Waals surface area contributed by atoms with Gasteiger partial charge in [0.2, 0.25) is 0 Å². The van der Waals surface area contributed by atoms with E-state index in [-0.39, 0.29) is 26.8 Å². The molecule has 5 heteroatoms. The second-order valence-corrected chi connectivity index (χ2v) is 12.5. The summed E-state index contributed by atoms with van der Waals surface area (Å²) in [6, 6.07) is 57.2. The Morgan fingerprint density at radius 2 is 1.27 bits per heavy atom. The monoisotopic (exact) mass is 839 g/mol. The molecule has 0 saturated heterocycles. The molecule has 0 radical (unpaired) electrons. The van der Waals surface area contributed by atoms with Crippen molar-refractivity contribution in [2.24, 2.45) is 0 Å². The molecular weight excluding hydrogens is 806 g/mol. The Labute approximate surface area is 313 Å². The number of nitrogens with zero attached hydrogens (tertiary/aromatic N) is 3. The fourth-order valence-electron chi connectivity index (χ4n) is 6.79. The van der Waals surface area contributed by atoms with Crippen molar-refractivity contribution in [3.8, 4) is 50.5 Å². The van der Waals surface area contributed by atoms with E-state index in [0.29, 0.717) is 11.3 Å². The van der Waals surface area contributed by atoms with Gasteiger partial charge in [-0.25, -0.2) is 4.98 Å². The van der Waals surface area contributed by atoms with Crippen LogP contribution in [-0.2, 0) is 21.1 Å². The summed E-state index contributed by atoms with van der Waals surface area (Å²) in [5, 5.41) is 13.2. The molecule has 2 aromatic heterocycles. The predicted octanol–water partition coefficient (Wildman–Crippen LogP) is 11.9. The van der Waals surface area contributed by atoms with Gasteiger partial charge in [-0.3, -0.25) is 4.98 Å². The zero-order valence-electron chi connectivity index (χ0n) is 28.2. The minimum Gasteiger partial charge on any atom is -0.507 e. The Morgan fingerprint density at radius 1 is 0.588 bits per heavy atom. The van der Waals surface area contributed by atoms with Gasteiger partial charge in [0.25, 0.3) is 0 Å². The van der Waals surface area contributed by atoms with Gasteiger partial charge in [-0.05, 0) is 94.8 Å². The van der Waals surface area contributed by atoms with Crippen LogP contribution in [0.5, 0.6) is 5.75 Å². The van der Waals surface area contributed by atoms with Crippen LogP contribution in [0.2, 0.25) is 0 Å². The summed E-state index contributed by atoms with van der Waals surface area (Å²) in [5.41, 5.74) is 11.4. The predicted molar refractivity (Wildman–Crippen MR) is 206 cm³/mol. The molecule has 6 aromatic carbocycles. The number of anilines is 3. The molecule has 0 fully saturated rings. The van der Waals surface area contributed by atoms with E-state index in [2.05, 4.69) is 134 Å². The SMILES string of the molecule is Cc1cccc(C)c1-c1cc(-c2[c-]c(N(c3ccccn3)c3cccc4ccccc34)cc(-c3ccccc3)c2)nc(-c2ccccc2O)c1.[Pt]. The summed E-state index contributed by atoms with van der Waals surface area (Å²) in [6.45, 7) is 4.27. The van der Waals surface area contributed by atoms with Crippen LogP contribution in [0, 0.1) is 19.9 Å². The normalized spacial score (nSPS) is 10.9. The topological polar surface area (TPSA) is 49.2 Å². The van der Waals surface area contributed by atoms with Crippen LogP contribution in [-0.4, -0.2) is 15.1 Å². The van der Waals surface area contributed by atoms with Gasteiger partial charge in [-0.2, -0.15) is 0 Å². The van der Waals surface area contributed by atoms with E-state index in [1.54, 1.807) is 6.07 Å². The van der Waals surface area contributed by atoms with Gasteiger partial charge in [-0.1, -0.05) is 115 Å². The Balaban J connectivity index is 0.00000406. The van der Waals surface area contributed by atoms with Crippen molar-refractivity contribution >= 4 is 28.0 Å². The minimum atomic E-state index is 0. The molecule has 0 bridgehead atoms. The molecule has 1 N–H and O–H groups in total. The summed E-state index contributed by atoms with van der Waals surface area (Å²) >= 11 is 0. The van der Waals surface area contributed by atoms with Crippen molar-refractivity contribution in [3.63, 3.8) is 0 Å². The average Bonchev–Trinajstić information content (AvgIpc) is 3.16. The maximum atomic E-state index is 11.0. The maximum Gasteiger partial charge on any atom is 0.136 e. The molecular formula is C46H34N3OPt-. The third-order valence-corrected chi connectivity index (χ3v) is 9.14. The first kappa shape index (κ1) is 33.7. The number of aromatic hydroxyl groups is 1. The zero-order valence-corrected chi connectivity index (χ0v) is 30.5. The van der Waals surface area contributed by atoms with Crippen molar-refractivity contribution < 1.29 is 26.2 Å². The number of rotatable bonds is 7. The van der Waals surface area contributed by atoms with Crippen LogP contribution in [0.3, 0.4) is 0 Å². The van der Waals surface area contributed by atoms with Gasteiger partial charge < -0.3 is 10.0 Å². The quantitative estimate of drug-likeness (QED) is 0.162. The molecule has 0 saturated carbocycles. The number of hydrogen-bond donors (Lipinski definition) is 1. The molecule has 8 rings (SSSR count). The molecule has 0 aliphatic rings. The Bertz CT molecular complexity index is 2460. The molecule has 2 heterocycles. The number of aryl methyl sites for hydroxylation is 2. The van der Waals surface area contributed by atoms with E-state index in [4.69, 9.17) is 9.97 Å². The van der Waals surface area contributed by atoms with Crippen molar-refractivity contribution in [2.45, 2.75) is 13.8 Å². The summed E-state index contributed by atoms with van der Waals surface area (Å²) < 4.78 is 0. The van der Waals surface area contributed by atoms with Gasteiger partial charge in [0, 0.05) is 38.2 Å². The number of hydrogen-bond acceptors (Lipinski definition) is 4.